The van der Waals surface area contributed by atoms with Gasteiger partial charge in [-0.1, -0.05) is 19.0 Å². The summed E-state index contributed by atoms with van der Waals surface area (Å²) >= 11 is 0. The highest BCUT2D eigenvalue weighted by Gasteiger charge is 2.33. The lowest BCUT2D eigenvalue weighted by Gasteiger charge is -2.25. The van der Waals surface area contributed by atoms with Gasteiger partial charge in [0.1, 0.15) is 12.1 Å². The minimum Gasteiger partial charge on any atom is -0.346 e. The average Bonchev–Trinajstić information content (AvgIpc) is 3.25. The highest BCUT2D eigenvalue weighted by molar-refractivity contribution is 5.52. The first-order valence-corrected chi connectivity index (χ1v) is 8.17. The Kier molecular flexibility index (Phi) is 3.32. The number of hydrogen-bond acceptors (Lipinski definition) is 6. The Morgan fingerprint density at radius 3 is 2.95 bits per heavy atom. The quantitative estimate of drug-likeness (QED) is 0.868. The normalized spacial score (nSPS) is 20.9. The van der Waals surface area contributed by atoms with Gasteiger partial charge < -0.3 is 9.42 Å². The van der Waals surface area contributed by atoms with Gasteiger partial charge in [0, 0.05) is 23.7 Å². The van der Waals surface area contributed by atoms with Crippen molar-refractivity contribution in [1.82, 2.24) is 20.1 Å². The number of anilines is 1. The zero-order valence-electron chi connectivity index (χ0n) is 13.1. The van der Waals surface area contributed by atoms with Crippen LogP contribution in [0.3, 0.4) is 0 Å². The van der Waals surface area contributed by atoms with Crippen LogP contribution in [-0.2, 0) is 12.8 Å². The molecular weight excluding hydrogens is 278 g/mol. The molecule has 0 aromatic carbocycles. The first kappa shape index (κ1) is 13.7. The van der Waals surface area contributed by atoms with Crippen molar-refractivity contribution in [3.05, 3.63) is 29.3 Å². The van der Waals surface area contributed by atoms with Gasteiger partial charge in [-0.25, -0.2) is 9.97 Å². The summed E-state index contributed by atoms with van der Waals surface area (Å²) in [6.45, 7) is 5.14. The third-order valence-corrected chi connectivity index (χ3v) is 4.63. The predicted octanol–water partition coefficient (Wildman–Crippen LogP) is 2.81. The molecule has 0 N–H and O–H groups in total. The number of rotatable bonds is 3. The van der Waals surface area contributed by atoms with E-state index in [-0.39, 0.29) is 12.0 Å². The molecule has 1 aliphatic heterocycles. The topological polar surface area (TPSA) is 67.9 Å². The van der Waals surface area contributed by atoms with Crippen LogP contribution in [0.1, 0.15) is 68.0 Å². The molecule has 0 amide bonds. The second kappa shape index (κ2) is 5.34. The SMILES string of the molecule is CC(C)c1nc([C@H]2CCCN2c2ncnc3c2CCC3)no1. The van der Waals surface area contributed by atoms with E-state index in [4.69, 9.17) is 4.52 Å². The highest BCUT2D eigenvalue weighted by atomic mass is 16.5. The van der Waals surface area contributed by atoms with Gasteiger partial charge in [0.05, 0.1) is 6.04 Å². The fourth-order valence-electron chi connectivity index (χ4n) is 3.50. The van der Waals surface area contributed by atoms with Crippen LogP contribution in [0.2, 0.25) is 0 Å². The molecule has 2 aliphatic rings. The fourth-order valence-corrected chi connectivity index (χ4v) is 3.50. The molecule has 2 aromatic heterocycles. The highest BCUT2D eigenvalue weighted by Crippen LogP contribution is 2.38. The Morgan fingerprint density at radius 1 is 1.23 bits per heavy atom. The molecule has 116 valence electrons. The Bertz CT molecular complexity index is 681. The van der Waals surface area contributed by atoms with Crippen LogP contribution in [0.4, 0.5) is 5.82 Å². The van der Waals surface area contributed by atoms with Gasteiger partial charge in [-0.15, -0.1) is 0 Å². The first-order valence-electron chi connectivity index (χ1n) is 8.17. The van der Waals surface area contributed by atoms with E-state index >= 15 is 0 Å². The zero-order chi connectivity index (χ0) is 15.1. The summed E-state index contributed by atoms with van der Waals surface area (Å²) in [5.41, 5.74) is 2.54. The van der Waals surface area contributed by atoms with Crippen molar-refractivity contribution in [2.75, 3.05) is 11.4 Å². The Labute approximate surface area is 130 Å². The molecule has 3 heterocycles. The number of aromatic nitrogens is 4. The van der Waals surface area contributed by atoms with Crippen molar-refractivity contribution in [3.63, 3.8) is 0 Å². The van der Waals surface area contributed by atoms with E-state index in [1.54, 1.807) is 6.33 Å². The molecule has 1 aliphatic carbocycles. The summed E-state index contributed by atoms with van der Waals surface area (Å²) in [7, 11) is 0. The first-order chi connectivity index (χ1) is 10.7. The Balaban J connectivity index is 1.68. The number of nitrogens with zero attached hydrogens (tertiary/aromatic N) is 5. The molecule has 6 heteroatoms. The maximum absolute atomic E-state index is 5.39. The van der Waals surface area contributed by atoms with E-state index in [9.17, 15) is 0 Å². The van der Waals surface area contributed by atoms with Gasteiger partial charge in [-0.05, 0) is 32.1 Å². The summed E-state index contributed by atoms with van der Waals surface area (Å²) in [5, 5.41) is 4.22. The second-order valence-corrected chi connectivity index (χ2v) is 6.47. The number of fused-ring (bicyclic) bond motifs is 1. The number of hydrogen-bond donors (Lipinski definition) is 0. The van der Waals surface area contributed by atoms with E-state index in [0.717, 1.165) is 49.8 Å². The average molecular weight is 299 g/mol. The molecule has 1 fully saturated rings. The molecule has 0 saturated carbocycles. The van der Waals surface area contributed by atoms with Crippen LogP contribution in [-0.4, -0.2) is 26.7 Å². The summed E-state index contributed by atoms with van der Waals surface area (Å²) in [5.74, 6) is 2.86. The second-order valence-electron chi connectivity index (χ2n) is 6.47. The third kappa shape index (κ3) is 2.17. The molecule has 0 spiro atoms. The minimum absolute atomic E-state index is 0.177. The maximum atomic E-state index is 5.39. The van der Waals surface area contributed by atoms with E-state index in [0.29, 0.717) is 0 Å². The largest absolute Gasteiger partial charge is 0.346 e. The van der Waals surface area contributed by atoms with Crippen molar-refractivity contribution in [2.45, 2.75) is 57.9 Å². The molecule has 0 bridgehead atoms. The standard InChI is InChI=1S/C16H21N5O/c1-10(2)16-19-14(20-22-16)13-7-4-8-21(13)15-11-5-3-6-12(11)17-9-18-15/h9-10,13H,3-8H2,1-2H3/t13-/m1/s1. The summed E-state index contributed by atoms with van der Waals surface area (Å²) in [4.78, 5) is 16.0. The van der Waals surface area contributed by atoms with Gasteiger partial charge in [-0.2, -0.15) is 4.98 Å². The Morgan fingerprint density at radius 2 is 2.14 bits per heavy atom. The van der Waals surface area contributed by atoms with Crippen LogP contribution in [0, 0.1) is 0 Å². The van der Waals surface area contributed by atoms with Gasteiger partial charge in [0.2, 0.25) is 5.89 Å². The molecule has 6 nitrogen and oxygen atoms in total. The minimum atomic E-state index is 0.177. The van der Waals surface area contributed by atoms with E-state index < -0.39 is 0 Å². The van der Waals surface area contributed by atoms with E-state index in [1.807, 2.05) is 0 Å². The van der Waals surface area contributed by atoms with Crippen molar-refractivity contribution in [2.24, 2.45) is 0 Å². The number of aryl methyl sites for hydroxylation is 1. The van der Waals surface area contributed by atoms with Crippen LogP contribution in [0.5, 0.6) is 0 Å². The van der Waals surface area contributed by atoms with Crippen LogP contribution >= 0.6 is 0 Å². The van der Waals surface area contributed by atoms with Crippen molar-refractivity contribution in [3.8, 4) is 0 Å². The molecular formula is C16H21N5O. The lowest BCUT2D eigenvalue weighted by molar-refractivity contribution is 0.358. The van der Waals surface area contributed by atoms with Crippen LogP contribution in [0.25, 0.3) is 0 Å². The van der Waals surface area contributed by atoms with Gasteiger partial charge in [0.15, 0.2) is 5.82 Å². The summed E-state index contributed by atoms with van der Waals surface area (Å²) < 4.78 is 5.39. The molecule has 0 unspecified atom stereocenters. The monoisotopic (exact) mass is 299 g/mol. The van der Waals surface area contributed by atoms with E-state index in [2.05, 4.69) is 38.9 Å². The third-order valence-electron chi connectivity index (χ3n) is 4.63. The molecule has 4 rings (SSSR count). The van der Waals surface area contributed by atoms with Gasteiger partial charge >= 0.3 is 0 Å². The van der Waals surface area contributed by atoms with Crippen LogP contribution < -0.4 is 4.90 Å². The molecule has 0 radical (unpaired) electrons. The smallest absolute Gasteiger partial charge is 0.229 e. The summed E-state index contributed by atoms with van der Waals surface area (Å²) in [6.07, 6.45) is 7.22. The van der Waals surface area contributed by atoms with Crippen molar-refractivity contribution in [1.29, 1.82) is 0 Å². The van der Waals surface area contributed by atoms with E-state index in [1.165, 1.54) is 17.7 Å². The fraction of sp³-hybridized carbons (Fsp3) is 0.625. The van der Waals surface area contributed by atoms with Gasteiger partial charge in [-0.3, -0.25) is 0 Å². The van der Waals surface area contributed by atoms with Crippen molar-refractivity contribution >= 4 is 5.82 Å². The molecule has 1 saturated heterocycles. The lowest BCUT2D eigenvalue weighted by Crippen LogP contribution is -2.26. The molecule has 2 aromatic rings. The lowest BCUT2D eigenvalue weighted by atomic mass is 10.1. The maximum Gasteiger partial charge on any atom is 0.229 e. The molecule has 22 heavy (non-hydrogen) atoms. The Hall–Kier alpha value is -1.98. The van der Waals surface area contributed by atoms with Crippen molar-refractivity contribution < 1.29 is 4.52 Å². The van der Waals surface area contributed by atoms with Crippen LogP contribution in [0.15, 0.2) is 10.9 Å². The van der Waals surface area contributed by atoms with Gasteiger partial charge in [0.25, 0.3) is 0 Å². The molecule has 1 atom stereocenters. The summed E-state index contributed by atoms with van der Waals surface area (Å²) in [6, 6.07) is 0.177. The predicted molar refractivity (Wildman–Crippen MR) is 81.8 cm³/mol. The zero-order valence-corrected chi connectivity index (χ0v) is 13.1.